The smallest absolute Gasteiger partial charge is 0.414 e. The highest BCUT2D eigenvalue weighted by atomic mass is 79.9. The van der Waals surface area contributed by atoms with Crippen molar-refractivity contribution in [2.45, 2.75) is 31.7 Å². The van der Waals surface area contributed by atoms with Gasteiger partial charge in [-0.2, -0.15) is 0 Å². The Balaban J connectivity index is 1.65. The molecule has 0 radical (unpaired) electrons. The molecule has 3 aromatic rings. The van der Waals surface area contributed by atoms with Crippen molar-refractivity contribution in [2.75, 3.05) is 0 Å². The van der Waals surface area contributed by atoms with E-state index in [-0.39, 0.29) is 6.61 Å². The highest BCUT2D eigenvalue weighted by Crippen LogP contribution is 2.40. The van der Waals surface area contributed by atoms with Gasteiger partial charge >= 0.3 is 12.1 Å². The predicted octanol–water partition coefficient (Wildman–Crippen LogP) is 5.64. The largest absolute Gasteiger partial charge is 0.444 e. The molecule has 0 spiro atoms. The molecule has 3 aromatic carbocycles. The Labute approximate surface area is 189 Å². The van der Waals surface area contributed by atoms with E-state index in [1.54, 1.807) is 6.92 Å². The molecule has 1 heterocycles. The van der Waals surface area contributed by atoms with Crippen LogP contribution in [0.15, 0.2) is 89.4 Å². The van der Waals surface area contributed by atoms with Crippen LogP contribution >= 0.6 is 15.9 Å². The van der Waals surface area contributed by atoms with Crippen LogP contribution < -0.4 is 0 Å². The molecule has 4 rings (SSSR count). The SMILES string of the molecule is C[C@@]1(Cc2ccc(Br)cc2)C(=O)O[C@H](c2ccccc2)N1C(=O)OCc1ccccc1. The van der Waals surface area contributed by atoms with Crippen LogP contribution in [0.5, 0.6) is 0 Å². The lowest BCUT2D eigenvalue weighted by Crippen LogP contribution is -2.51. The third-order valence-corrected chi connectivity index (χ3v) is 5.90. The first-order valence-electron chi connectivity index (χ1n) is 9.98. The van der Waals surface area contributed by atoms with E-state index >= 15 is 0 Å². The second-order valence-corrected chi connectivity index (χ2v) is 8.57. The lowest BCUT2D eigenvalue weighted by molar-refractivity contribution is -0.145. The van der Waals surface area contributed by atoms with E-state index in [9.17, 15) is 9.59 Å². The van der Waals surface area contributed by atoms with Crippen LogP contribution in [-0.2, 0) is 27.3 Å². The van der Waals surface area contributed by atoms with Gasteiger partial charge in [-0.15, -0.1) is 0 Å². The molecule has 31 heavy (non-hydrogen) atoms. The van der Waals surface area contributed by atoms with E-state index in [4.69, 9.17) is 9.47 Å². The predicted molar refractivity (Wildman–Crippen MR) is 120 cm³/mol. The quantitative estimate of drug-likeness (QED) is 0.444. The summed E-state index contributed by atoms with van der Waals surface area (Å²) in [6, 6.07) is 26.3. The molecule has 0 unspecified atom stereocenters. The Morgan fingerprint density at radius 2 is 1.58 bits per heavy atom. The number of ether oxygens (including phenoxy) is 2. The topological polar surface area (TPSA) is 55.8 Å². The van der Waals surface area contributed by atoms with Gasteiger partial charge in [-0.3, -0.25) is 4.90 Å². The molecule has 158 valence electrons. The molecule has 1 aliphatic rings. The van der Waals surface area contributed by atoms with Crippen molar-refractivity contribution in [3.05, 3.63) is 106 Å². The Kier molecular flexibility index (Phi) is 6.09. The van der Waals surface area contributed by atoms with E-state index in [0.717, 1.165) is 15.6 Å². The number of benzene rings is 3. The van der Waals surface area contributed by atoms with Gasteiger partial charge in [0.05, 0.1) is 0 Å². The molecule has 2 atom stereocenters. The van der Waals surface area contributed by atoms with E-state index in [2.05, 4.69) is 15.9 Å². The van der Waals surface area contributed by atoms with Crippen LogP contribution in [0.2, 0.25) is 0 Å². The highest BCUT2D eigenvalue weighted by molar-refractivity contribution is 9.10. The number of halogens is 1. The molecule has 1 aliphatic heterocycles. The number of nitrogens with zero attached hydrogens (tertiary/aromatic N) is 1. The van der Waals surface area contributed by atoms with Crippen LogP contribution in [0.25, 0.3) is 0 Å². The van der Waals surface area contributed by atoms with Gasteiger partial charge in [-0.1, -0.05) is 88.7 Å². The lowest BCUT2D eigenvalue weighted by Gasteiger charge is -2.33. The number of hydrogen-bond acceptors (Lipinski definition) is 4. The van der Waals surface area contributed by atoms with Crippen LogP contribution in [0, 0.1) is 0 Å². The summed E-state index contributed by atoms with van der Waals surface area (Å²) in [7, 11) is 0. The van der Waals surface area contributed by atoms with Crippen molar-refractivity contribution in [2.24, 2.45) is 0 Å². The van der Waals surface area contributed by atoms with Crippen molar-refractivity contribution >= 4 is 28.0 Å². The van der Waals surface area contributed by atoms with Gasteiger partial charge in [0.25, 0.3) is 0 Å². The highest BCUT2D eigenvalue weighted by Gasteiger charge is 2.55. The molecule has 5 nitrogen and oxygen atoms in total. The number of cyclic esters (lactones) is 1. The van der Waals surface area contributed by atoms with Crippen LogP contribution in [0.4, 0.5) is 4.79 Å². The normalized spacial score (nSPS) is 20.4. The summed E-state index contributed by atoms with van der Waals surface area (Å²) in [5.74, 6) is -0.457. The summed E-state index contributed by atoms with van der Waals surface area (Å²) in [6.07, 6.45) is -1.14. The monoisotopic (exact) mass is 479 g/mol. The first kappa shape index (κ1) is 21.1. The second-order valence-electron chi connectivity index (χ2n) is 7.66. The van der Waals surface area contributed by atoms with Gasteiger partial charge in [-0.05, 0) is 30.2 Å². The zero-order valence-electron chi connectivity index (χ0n) is 17.0. The van der Waals surface area contributed by atoms with Gasteiger partial charge in [0.2, 0.25) is 6.23 Å². The van der Waals surface area contributed by atoms with E-state index in [0.29, 0.717) is 12.0 Å². The van der Waals surface area contributed by atoms with Crippen LogP contribution in [0.3, 0.4) is 0 Å². The molecule has 0 aliphatic carbocycles. The Hall–Kier alpha value is -3.12. The van der Waals surface area contributed by atoms with Crippen molar-refractivity contribution in [1.82, 2.24) is 4.90 Å². The summed E-state index contributed by atoms with van der Waals surface area (Å²) >= 11 is 3.43. The number of hydrogen-bond donors (Lipinski definition) is 0. The zero-order chi connectivity index (χ0) is 21.8. The number of carbonyl (C=O) groups excluding carboxylic acids is 2. The average molecular weight is 480 g/mol. The summed E-state index contributed by atoms with van der Waals surface area (Å²) in [5, 5.41) is 0. The first-order valence-corrected chi connectivity index (χ1v) is 10.8. The maximum absolute atomic E-state index is 13.3. The summed E-state index contributed by atoms with van der Waals surface area (Å²) in [6.45, 7) is 1.84. The molecule has 0 saturated carbocycles. The third kappa shape index (κ3) is 4.49. The number of esters is 1. The maximum Gasteiger partial charge on any atom is 0.414 e. The van der Waals surface area contributed by atoms with Crippen LogP contribution in [-0.4, -0.2) is 22.5 Å². The molecule has 0 N–H and O–H groups in total. The van der Waals surface area contributed by atoms with Gasteiger partial charge in [-0.25, -0.2) is 9.59 Å². The molecule has 0 aromatic heterocycles. The number of rotatable bonds is 5. The van der Waals surface area contributed by atoms with Gasteiger partial charge in [0.1, 0.15) is 12.1 Å². The first-order chi connectivity index (χ1) is 15.0. The lowest BCUT2D eigenvalue weighted by atomic mass is 9.91. The number of amides is 1. The molecule has 6 heteroatoms. The van der Waals surface area contributed by atoms with E-state index in [1.165, 1.54) is 4.90 Å². The van der Waals surface area contributed by atoms with Crippen molar-refractivity contribution in [3.8, 4) is 0 Å². The fraction of sp³-hybridized carbons (Fsp3) is 0.200. The minimum absolute atomic E-state index is 0.111. The summed E-state index contributed by atoms with van der Waals surface area (Å²) < 4.78 is 12.3. The summed E-state index contributed by atoms with van der Waals surface area (Å²) in [4.78, 5) is 27.8. The fourth-order valence-corrected chi connectivity index (χ4v) is 3.98. The minimum atomic E-state index is -1.21. The molecular formula is C25H22BrNO4. The maximum atomic E-state index is 13.3. The van der Waals surface area contributed by atoms with Gasteiger partial charge in [0, 0.05) is 16.5 Å². The Bertz CT molecular complexity index is 1060. The Morgan fingerprint density at radius 1 is 0.968 bits per heavy atom. The standard InChI is InChI=1S/C25H22BrNO4/c1-25(16-18-12-14-21(26)15-13-18)23(28)31-22(20-10-6-3-7-11-20)27(25)24(29)30-17-19-8-4-2-5-9-19/h2-15,22H,16-17H2,1H3/t22-,25-/m1/s1. The molecular weight excluding hydrogens is 458 g/mol. The minimum Gasteiger partial charge on any atom is -0.444 e. The third-order valence-electron chi connectivity index (χ3n) is 5.37. The van der Waals surface area contributed by atoms with Crippen molar-refractivity contribution in [1.29, 1.82) is 0 Å². The van der Waals surface area contributed by atoms with Crippen molar-refractivity contribution in [3.63, 3.8) is 0 Å². The second kappa shape index (κ2) is 8.94. The zero-order valence-corrected chi connectivity index (χ0v) is 18.6. The fourth-order valence-electron chi connectivity index (χ4n) is 3.72. The molecule has 1 amide bonds. The van der Waals surface area contributed by atoms with E-state index in [1.807, 2.05) is 84.9 Å². The molecule has 0 bridgehead atoms. The molecule has 1 saturated heterocycles. The van der Waals surface area contributed by atoms with Gasteiger partial charge in [0.15, 0.2) is 0 Å². The molecule has 1 fully saturated rings. The number of carbonyl (C=O) groups is 2. The van der Waals surface area contributed by atoms with Crippen molar-refractivity contribution < 1.29 is 19.1 Å². The van der Waals surface area contributed by atoms with Crippen LogP contribution in [0.1, 0.15) is 29.8 Å². The average Bonchev–Trinajstić information content (AvgIpc) is 3.05. The van der Waals surface area contributed by atoms with Gasteiger partial charge < -0.3 is 9.47 Å². The Morgan fingerprint density at radius 3 is 2.23 bits per heavy atom. The summed E-state index contributed by atoms with van der Waals surface area (Å²) in [5.41, 5.74) is 1.29. The van der Waals surface area contributed by atoms with E-state index < -0.39 is 23.8 Å².